The average molecular weight is 219 g/mol. The van der Waals surface area contributed by atoms with E-state index in [1.54, 1.807) is 0 Å². The number of hydrogen-bond acceptors (Lipinski definition) is 4. The minimum Gasteiger partial charge on any atom is -0.443 e. The van der Waals surface area contributed by atoms with Crippen molar-refractivity contribution in [1.29, 1.82) is 0 Å². The lowest BCUT2D eigenvalue weighted by Crippen LogP contribution is -2.36. The number of thiocarbonyl (C=S) groups is 1. The maximum Gasteiger partial charge on any atom is 0.415 e. The van der Waals surface area contributed by atoms with Crippen LogP contribution < -0.4 is 0 Å². The number of hydrogen-bond donors (Lipinski definition) is 0. The van der Waals surface area contributed by atoms with E-state index in [-0.39, 0.29) is 6.09 Å². The lowest BCUT2D eigenvalue weighted by atomic mass is 10.2. The van der Waals surface area contributed by atoms with Crippen LogP contribution in [0.1, 0.15) is 20.8 Å². The first-order valence-corrected chi connectivity index (χ1v) is 5.47. The van der Waals surface area contributed by atoms with Gasteiger partial charge in [-0.05, 0) is 20.8 Å². The fourth-order valence-corrected chi connectivity index (χ4v) is 2.06. The van der Waals surface area contributed by atoms with Crippen LogP contribution in [0.15, 0.2) is 0 Å². The van der Waals surface area contributed by atoms with E-state index in [1.807, 2.05) is 20.8 Å². The molecule has 0 aromatic carbocycles. The van der Waals surface area contributed by atoms with Gasteiger partial charge in [0.25, 0.3) is 0 Å². The van der Waals surface area contributed by atoms with Crippen molar-refractivity contribution in [2.45, 2.75) is 26.4 Å². The summed E-state index contributed by atoms with van der Waals surface area (Å²) in [5.41, 5.74) is -0.444. The van der Waals surface area contributed by atoms with Crippen LogP contribution >= 0.6 is 24.0 Å². The molecule has 0 radical (unpaired) electrons. The van der Waals surface area contributed by atoms with Crippen molar-refractivity contribution in [3.63, 3.8) is 0 Å². The molecule has 3 nitrogen and oxygen atoms in total. The monoisotopic (exact) mass is 219 g/mol. The SMILES string of the molecule is CC(C)(C)OC(=O)N1CCSC1=S. The third-order valence-electron chi connectivity index (χ3n) is 1.37. The zero-order valence-corrected chi connectivity index (χ0v) is 9.63. The third-order valence-corrected chi connectivity index (χ3v) is 2.80. The second-order valence-corrected chi connectivity index (χ2v) is 5.48. The molecular weight excluding hydrogens is 206 g/mol. The molecule has 0 unspecified atom stereocenters. The van der Waals surface area contributed by atoms with E-state index in [2.05, 4.69) is 0 Å². The predicted octanol–water partition coefficient (Wildman–Crippen LogP) is 2.26. The van der Waals surface area contributed by atoms with Crippen LogP contribution in [0.3, 0.4) is 0 Å². The van der Waals surface area contributed by atoms with Gasteiger partial charge in [-0.15, -0.1) is 0 Å². The normalized spacial score (nSPS) is 17.8. The van der Waals surface area contributed by atoms with Crippen molar-refractivity contribution in [3.8, 4) is 0 Å². The first-order chi connectivity index (χ1) is 5.90. The highest BCUT2D eigenvalue weighted by Gasteiger charge is 2.28. The summed E-state index contributed by atoms with van der Waals surface area (Å²) in [6.45, 7) is 6.20. The Kier molecular flexibility index (Phi) is 3.18. The molecule has 1 aliphatic rings. The Labute approximate surface area is 87.8 Å². The summed E-state index contributed by atoms with van der Waals surface area (Å²) < 4.78 is 5.80. The van der Waals surface area contributed by atoms with Crippen molar-refractivity contribution >= 4 is 34.4 Å². The second-order valence-electron chi connectivity index (χ2n) is 3.75. The summed E-state index contributed by atoms with van der Waals surface area (Å²) in [4.78, 5) is 13.0. The number of amides is 1. The van der Waals surface area contributed by atoms with Gasteiger partial charge in [-0.2, -0.15) is 0 Å². The van der Waals surface area contributed by atoms with E-state index < -0.39 is 5.60 Å². The molecule has 5 heteroatoms. The molecule has 1 heterocycles. The Balaban J connectivity index is 2.53. The fourth-order valence-electron chi connectivity index (χ4n) is 0.876. The number of ether oxygens (including phenoxy) is 1. The van der Waals surface area contributed by atoms with E-state index in [0.717, 1.165) is 5.75 Å². The Hall–Kier alpha value is -0.290. The van der Waals surface area contributed by atoms with E-state index in [0.29, 0.717) is 10.9 Å². The maximum atomic E-state index is 11.5. The van der Waals surface area contributed by atoms with Crippen LogP contribution in [0.25, 0.3) is 0 Å². The van der Waals surface area contributed by atoms with Gasteiger partial charge in [0.1, 0.15) is 9.92 Å². The van der Waals surface area contributed by atoms with Gasteiger partial charge in [0.2, 0.25) is 0 Å². The van der Waals surface area contributed by atoms with E-state index in [1.165, 1.54) is 16.7 Å². The van der Waals surface area contributed by atoms with Gasteiger partial charge in [-0.1, -0.05) is 24.0 Å². The van der Waals surface area contributed by atoms with Gasteiger partial charge in [-0.3, -0.25) is 4.90 Å². The molecule has 0 aromatic heterocycles. The van der Waals surface area contributed by atoms with Crippen LogP contribution in [0.4, 0.5) is 4.79 Å². The number of thioether (sulfide) groups is 1. The van der Waals surface area contributed by atoms with Crippen molar-refractivity contribution in [2.24, 2.45) is 0 Å². The number of nitrogens with zero attached hydrogens (tertiary/aromatic N) is 1. The molecule has 1 saturated heterocycles. The van der Waals surface area contributed by atoms with Gasteiger partial charge in [-0.25, -0.2) is 4.79 Å². The molecule has 1 amide bonds. The van der Waals surface area contributed by atoms with Crippen LogP contribution in [0.5, 0.6) is 0 Å². The Bertz CT molecular complexity index is 235. The highest BCUT2D eigenvalue weighted by atomic mass is 32.2. The molecule has 13 heavy (non-hydrogen) atoms. The average Bonchev–Trinajstić information content (AvgIpc) is 2.30. The van der Waals surface area contributed by atoms with E-state index in [4.69, 9.17) is 17.0 Å². The second kappa shape index (κ2) is 3.84. The first kappa shape index (κ1) is 10.8. The molecule has 0 aliphatic carbocycles. The lowest BCUT2D eigenvalue weighted by Gasteiger charge is -2.23. The van der Waals surface area contributed by atoms with Crippen LogP contribution in [0, 0.1) is 0 Å². The first-order valence-electron chi connectivity index (χ1n) is 4.07. The molecule has 0 N–H and O–H groups in total. The Morgan fingerprint density at radius 3 is 2.62 bits per heavy atom. The smallest absolute Gasteiger partial charge is 0.415 e. The molecule has 0 spiro atoms. The summed E-state index contributed by atoms with van der Waals surface area (Å²) in [5.74, 6) is 0.873. The summed E-state index contributed by atoms with van der Waals surface area (Å²) in [7, 11) is 0. The lowest BCUT2D eigenvalue weighted by molar-refractivity contribution is 0.0389. The summed E-state index contributed by atoms with van der Waals surface area (Å²) in [6.07, 6.45) is -0.331. The summed E-state index contributed by atoms with van der Waals surface area (Å²) in [5, 5.41) is 0. The van der Waals surface area contributed by atoms with Crippen LogP contribution in [-0.2, 0) is 4.74 Å². The summed E-state index contributed by atoms with van der Waals surface area (Å²) >= 11 is 6.51. The Morgan fingerprint density at radius 2 is 2.23 bits per heavy atom. The highest BCUT2D eigenvalue weighted by molar-refractivity contribution is 8.23. The Morgan fingerprint density at radius 1 is 1.62 bits per heavy atom. The zero-order valence-electron chi connectivity index (χ0n) is 7.99. The van der Waals surface area contributed by atoms with Crippen molar-refractivity contribution in [2.75, 3.05) is 12.3 Å². The number of carbonyl (C=O) groups excluding carboxylic acids is 1. The fraction of sp³-hybridized carbons (Fsp3) is 0.750. The molecule has 74 valence electrons. The van der Waals surface area contributed by atoms with Crippen molar-refractivity contribution in [1.82, 2.24) is 4.90 Å². The predicted molar refractivity (Wildman–Crippen MR) is 58.0 cm³/mol. The molecule has 0 bridgehead atoms. The molecule has 1 aliphatic heterocycles. The van der Waals surface area contributed by atoms with Gasteiger partial charge < -0.3 is 4.74 Å². The minimum absolute atomic E-state index is 0.331. The van der Waals surface area contributed by atoms with E-state index in [9.17, 15) is 4.79 Å². The highest BCUT2D eigenvalue weighted by Crippen LogP contribution is 2.20. The van der Waals surface area contributed by atoms with E-state index >= 15 is 0 Å². The van der Waals surface area contributed by atoms with Gasteiger partial charge in [0.05, 0.1) is 0 Å². The van der Waals surface area contributed by atoms with Crippen LogP contribution in [-0.4, -0.2) is 33.2 Å². The third kappa shape index (κ3) is 3.15. The quantitative estimate of drug-likeness (QED) is 0.584. The van der Waals surface area contributed by atoms with Gasteiger partial charge in [0, 0.05) is 12.3 Å². The molecule has 0 atom stereocenters. The molecule has 1 rings (SSSR count). The topological polar surface area (TPSA) is 29.5 Å². The van der Waals surface area contributed by atoms with Gasteiger partial charge in [0.15, 0.2) is 0 Å². The van der Waals surface area contributed by atoms with Crippen LogP contribution in [0.2, 0.25) is 0 Å². The number of carbonyl (C=O) groups is 1. The van der Waals surface area contributed by atoms with Crippen molar-refractivity contribution in [3.05, 3.63) is 0 Å². The standard InChI is InChI=1S/C8H13NO2S2/c1-8(2,3)11-6(10)9-4-5-13-7(9)12/h4-5H2,1-3H3. The number of rotatable bonds is 0. The molecular formula is C8H13NO2S2. The maximum absolute atomic E-state index is 11.5. The van der Waals surface area contributed by atoms with Gasteiger partial charge >= 0.3 is 6.09 Å². The largest absolute Gasteiger partial charge is 0.443 e. The molecule has 0 aromatic rings. The van der Waals surface area contributed by atoms with Crippen molar-refractivity contribution < 1.29 is 9.53 Å². The molecule has 1 fully saturated rings. The molecule has 0 saturated carbocycles. The zero-order chi connectivity index (χ0) is 10.1. The minimum atomic E-state index is -0.444. The summed E-state index contributed by atoms with van der Waals surface area (Å²) in [6, 6.07) is 0.